The Bertz CT molecular complexity index is 564. The van der Waals surface area contributed by atoms with Gasteiger partial charge in [-0.15, -0.1) is 0 Å². The molecule has 0 radical (unpaired) electrons. The van der Waals surface area contributed by atoms with Crippen molar-refractivity contribution in [2.45, 2.75) is 31.9 Å². The van der Waals surface area contributed by atoms with E-state index in [1.54, 1.807) is 12.1 Å². The normalized spacial score (nSPS) is 18.5. The molecule has 1 aliphatic rings. The van der Waals surface area contributed by atoms with Crippen LogP contribution in [0.15, 0.2) is 24.3 Å². The van der Waals surface area contributed by atoms with Gasteiger partial charge >= 0.3 is 5.97 Å². The lowest BCUT2D eigenvalue weighted by atomic mass is 10.1. The van der Waals surface area contributed by atoms with Gasteiger partial charge < -0.3 is 20.5 Å². The Morgan fingerprint density at radius 2 is 1.95 bits per heavy atom. The van der Waals surface area contributed by atoms with Gasteiger partial charge in [0.05, 0.1) is 0 Å². The van der Waals surface area contributed by atoms with Gasteiger partial charge in [0, 0.05) is 17.9 Å². The van der Waals surface area contributed by atoms with Crippen LogP contribution in [0.1, 0.15) is 30.1 Å². The van der Waals surface area contributed by atoms with Crippen LogP contribution in [-0.4, -0.2) is 41.6 Å². The number of hydrogen-bond donors (Lipinski definition) is 3. The standard InChI is InChI=1S/C15H18N2O5/c1-9(15(20)21)16-13(18)10-4-6-11(7-5-10)17-14(19)12-3-2-8-22-12/h4-7,9,12H,2-3,8H2,1H3,(H,16,18)(H,17,19)(H,20,21). The number of anilines is 1. The predicted molar refractivity (Wildman–Crippen MR) is 78.6 cm³/mol. The van der Waals surface area contributed by atoms with Gasteiger partial charge in [0.15, 0.2) is 0 Å². The summed E-state index contributed by atoms with van der Waals surface area (Å²) >= 11 is 0. The summed E-state index contributed by atoms with van der Waals surface area (Å²) in [6.07, 6.45) is 1.16. The summed E-state index contributed by atoms with van der Waals surface area (Å²) in [5, 5.41) is 13.8. The van der Waals surface area contributed by atoms with Crippen LogP contribution in [0, 0.1) is 0 Å². The Morgan fingerprint density at radius 1 is 1.27 bits per heavy atom. The van der Waals surface area contributed by atoms with Crippen molar-refractivity contribution < 1.29 is 24.2 Å². The third-order valence-corrected chi connectivity index (χ3v) is 3.35. The van der Waals surface area contributed by atoms with Crippen LogP contribution in [0.5, 0.6) is 0 Å². The van der Waals surface area contributed by atoms with E-state index < -0.39 is 24.0 Å². The highest BCUT2D eigenvalue weighted by Gasteiger charge is 2.23. The second-order valence-corrected chi connectivity index (χ2v) is 5.10. The lowest BCUT2D eigenvalue weighted by molar-refractivity contribution is -0.138. The van der Waals surface area contributed by atoms with E-state index in [4.69, 9.17) is 9.84 Å². The van der Waals surface area contributed by atoms with E-state index in [1.807, 2.05) is 0 Å². The summed E-state index contributed by atoms with van der Waals surface area (Å²) in [5.41, 5.74) is 0.881. The van der Waals surface area contributed by atoms with Gasteiger partial charge in [-0.05, 0) is 44.0 Å². The molecule has 7 nitrogen and oxygen atoms in total. The molecule has 0 saturated carbocycles. The molecule has 7 heteroatoms. The fourth-order valence-corrected chi connectivity index (χ4v) is 2.05. The fraction of sp³-hybridized carbons (Fsp3) is 0.400. The molecule has 1 fully saturated rings. The van der Waals surface area contributed by atoms with E-state index in [0.717, 1.165) is 6.42 Å². The predicted octanol–water partition coefficient (Wildman–Crippen LogP) is 1.01. The van der Waals surface area contributed by atoms with Crippen molar-refractivity contribution in [3.05, 3.63) is 29.8 Å². The Hall–Kier alpha value is -2.41. The minimum absolute atomic E-state index is 0.200. The van der Waals surface area contributed by atoms with Crippen LogP contribution >= 0.6 is 0 Å². The number of hydrogen-bond acceptors (Lipinski definition) is 4. The highest BCUT2D eigenvalue weighted by molar-refractivity contribution is 5.98. The molecule has 118 valence electrons. The van der Waals surface area contributed by atoms with Crippen molar-refractivity contribution in [2.75, 3.05) is 11.9 Å². The first kappa shape index (κ1) is 16.0. The third-order valence-electron chi connectivity index (χ3n) is 3.35. The number of ether oxygens (including phenoxy) is 1. The van der Waals surface area contributed by atoms with Crippen LogP contribution in [0.25, 0.3) is 0 Å². The summed E-state index contributed by atoms with van der Waals surface area (Å²) in [4.78, 5) is 34.4. The third kappa shape index (κ3) is 4.05. The number of carbonyl (C=O) groups is 3. The Morgan fingerprint density at radius 3 is 2.50 bits per heavy atom. The molecule has 1 aromatic rings. The molecule has 2 rings (SSSR count). The average molecular weight is 306 g/mol. The van der Waals surface area contributed by atoms with Crippen LogP contribution in [0.2, 0.25) is 0 Å². The molecule has 22 heavy (non-hydrogen) atoms. The van der Waals surface area contributed by atoms with E-state index in [9.17, 15) is 14.4 Å². The van der Waals surface area contributed by atoms with Gasteiger partial charge in [0.25, 0.3) is 11.8 Å². The van der Waals surface area contributed by atoms with Gasteiger partial charge in [0.1, 0.15) is 12.1 Å². The number of carboxylic acids is 1. The van der Waals surface area contributed by atoms with Crippen LogP contribution in [0.3, 0.4) is 0 Å². The number of nitrogens with one attached hydrogen (secondary N) is 2. The molecule has 1 heterocycles. The minimum atomic E-state index is -1.10. The Labute approximate surface area is 127 Å². The molecule has 3 N–H and O–H groups in total. The second-order valence-electron chi connectivity index (χ2n) is 5.10. The number of carbonyl (C=O) groups excluding carboxylic acids is 2. The fourth-order valence-electron chi connectivity index (χ4n) is 2.05. The van der Waals surface area contributed by atoms with Crippen LogP contribution in [0.4, 0.5) is 5.69 Å². The lowest BCUT2D eigenvalue weighted by Crippen LogP contribution is -2.38. The van der Waals surface area contributed by atoms with Crippen molar-refractivity contribution in [3.8, 4) is 0 Å². The molecule has 0 aromatic heterocycles. The number of carboxylic acid groups (broad SMARTS) is 1. The summed E-state index contributed by atoms with van der Waals surface area (Å²) in [7, 11) is 0. The molecule has 2 amide bonds. The maximum Gasteiger partial charge on any atom is 0.325 e. The molecule has 0 aliphatic carbocycles. The van der Waals surface area contributed by atoms with Crippen molar-refractivity contribution in [1.82, 2.24) is 5.32 Å². The maximum atomic E-state index is 11.9. The SMILES string of the molecule is CC(NC(=O)c1ccc(NC(=O)C2CCCO2)cc1)C(=O)O. The van der Waals surface area contributed by atoms with E-state index in [0.29, 0.717) is 24.3 Å². The highest BCUT2D eigenvalue weighted by Crippen LogP contribution is 2.15. The molecule has 2 unspecified atom stereocenters. The molecule has 0 spiro atoms. The van der Waals surface area contributed by atoms with Gasteiger partial charge in [-0.1, -0.05) is 0 Å². The number of benzene rings is 1. The molecule has 2 atom stereocenters. The van der Waals surface area contributed by atoms with Gasteiger partial charge in [-0.3, -0.25) is 14.4 Å². The van der Waals surface area contributed by atoms with Crippen LogP contribution in [-0.2, 0) is 14.3 Å². The number of amides is 2. The van der Waals surface area contributed by atoms with E-state index >= 15 is 0 Å². The molecule has 1 aromatic carbocycles. The largest absolute Gasteiger partial charge is 0.480 e. The quantitative estimate of drug-likeness (QED) is 0.753. The first-order valence-electron chi connectivity index (χ1n) is 7.03. The first-order chi connectivity index (χ1) is 10.5. The van der Waals surface area contributed by atoms with Crippen molar-refractivity contribution in [1.29, 1.82) is 0 Å². The van der Waals surface area contributed by atoms with E-state index in [1.165, 1.54) is 19.1 Å². The highest BCUT2D eigenvalue weighted by atomic mass is 16.5. The Balaban J connectivity index is 1.93. The number of rotatable bonds is 5. The lowest BCUT2D eigenvalue weighted by Gasteiger charge is -2.12. The zero-order chi connectivity index (χ0) is 16.1. The Kier molecular flexibility index (Phi) is 5.11. The van der Waals surface area contributed by atoms with E-state index in [2.05, 4.69) is 10.6 Å². The molecular formula is C15H18N2O5. The van der Waals surface area contributed by atoms with Gasteiger partial charge in [0.2, 0.25) is 0 Å². The first-order valence-corrected chi connectivity index (χ1v) is 7.03. The summed E-state index contributed by atoms with van der Waals surface area (Å²) < 4.78 is 5.28. The second kappa shape index (κ2) is 7.04. The van der Waals surface area contributed by atoms with Crippen molar-refractivity contribution >= 4 is 23.5 Å². The molecule has 1 saturated heterocycles. The monoisotopic (exact) mass is 306 g/mol. The molecular weight excluding hydrogens is 288 g/mol. The van der Waals surface area contributed by atoms with Gasteiger partial charge in [-0.2, -0.15) is 0 Å². The maximum absolute atomic E-state index is 11.9. The van der Waals surface area contributed by atoms with Crippen LogP contribution < -0.4 is 10.6 Å². The number of aliphatic carboxylic acids is 1. The molecule has 1 aliphatic heterocycles. The summed E-state index contributed by atoms with van der Waals surface area (Å²) in [5.74, 6) is -1.78. The zero-order valence-corrected chi connectivity index (χ0v) is 12.2. The topological polar surface area (TPSA) is 105 Å². The summed E-state index contributed by atoms with van der Waals surface area (Å²) in [6, 6.07) is 5.26. The van der Waals surface area contributed by atoms with E-state index in [-0.39, 0.29) is 5.91 Å². The van der Waals surface area contributed by atoms with Gasteiger partial charge in [-0.25, -0.2) is 0 Å². The molecule has 0 bridgehead atoms. The minimum Gasteiger partial charge on any atom is -0.480 e. The van der Waals surface area contributed by atoms with Crippen molar-refractivity contribution in [2.24, 2.45) is 0 Å². The average Bonchev–Trinajstić information content (AvgIpc) is 3.02. The zero-order valence-electron chi connectivity index (χ0n) is 12.2. The summed E-state index contributed by atoms with van der Waals surface area (Å²) in [6.45, 7) is 1.98. The van der Waals surface area contributed by atoms with Crippen molar-refractivity contribution in [3.63, 3.8) is 0 Å². The smallest absolute Gasteiger partial charge is 0.325 e.